The first-order valence-electron chi connectivity index (χ1n) is 7.39. The molecule has 0 spiro atoms. The van der Waals surface area contributed by atoms with Crippen molar-refractivity contribution >= 4 is 15.9 Å². The van der Waals surface area contributed by atoms with Crippen molar-refractivity contribution < 1.29 is 18.6 Å². The number of halogens is 3. The van der Waals surface area contributed by atoms with Crippen molar-refractivity contribution in [3.63, 3.8) is 0 Å². The maximum absolute atomic E-state index is 13.6. The lowest BCUT2D eigenvalue weighted by Crippen LogP contribution is -2.49. The SMILES string of the molecule is CCN1CCN(C[C@@H](O)COc2c(F)cc(Br)cc2F)CC1. The van der Waals surface area contributed by atoms with Crippen molar-refractivity contribution in [2.24, 2.45) is 0 Å². The fourth-order valence-corrected chi connectivity index (χ4v) is 2.89. The van der Waals surface area contributed by atoms with Gasteiger partial charge in [-0.15, -0.1) is 0 Å². The number of rotatable bonds is 6. The highest BCUT2D eigenvalue weighted by Gasteiger charge is 2.19. The lowest BCUT2D eigenvalue weighted by atomic mass is 10.2. The molecule has 1 aromatic carbocycles. The van der Waals surface area contributed by atoms with Crippen molar-refractivity contribution in [2.75, 3.05) is 45.9 Å². The monoisotopic (exact) mass is 378 g/mol. The minimum atomic E-state index is -0.782. The van der Waals surface area contributed by atoms with Crippen LogP contribution in [0.25, 0.3) is 0 Å². The van der Waals surface area contributed by atoms with Crippen LogP contribution in [0, 0.1) is 11.6 Å². The first kappa shape index (κ1) is 17.6. The molecule has 7 heteroatoms. The molecule has 2 rings (SSSR count). The van der Waals surface area contributed by atoms with E-state index < -0.39 is 23.5 Å². The number of aliphatic hydroxyl groups is 1. The van der Waals surface area contributed by atoms with Crippen molar-refractivity contribution in [1.82, 2.24) is 9.80 Å². The van der Waals surface area contributed by atoms with Gasteiger partial charge in [-0.25, -0.2) is 8.78 Å². The molecule has 1 N–H and O–H groups in total. The van der Waals surface area contributed by atoms with Crippen LogP contribution in [0.4, 0.5) is 8.78 Å². The van der Waals surface area contributed by atoms with Crippen LogP contribution in [0.5, 0.6) is 5.75 Å². The Balaban J connectivity index is 1.80. The van der Waals surface area contributed by atoms with Gasteiger partial charge in [-0.05, 0) is 18.7 Å². The molecule has 1 aliphatic heterocycles. The Kier molecular flexibility index (Phi) is 6.55. The molecule has 22 heavy (non-hydrogen) atoms. The number of piperazine rings is 1. The molecule has 0 aliphatic carbocycles. The van der Waals surface area contributed by atoms with Crippen molar-refractivity contribution in [3.8, 4) is 5.75 Å². The first-order chi connectivity index (χ1) is 10.5. The average Bonchev–Trinajstić information content (AvgIpc) is 2.47. The molecule has 0 bridgehead atoms. The third-order valence-electron chi connectivity index (χ3n) is 3.76. The Hall–Kier alpha value is -0.760. The quantitative estimate of drug-likeness (QED) is 0.822. The van der Waals surface area contributed by atoms with Crippen LogP contribution in [-0.4, -0.2) is 66.9 Å². The van der Waals surface area contributed by atoms with E-state index in [1.54, 1.807) is 0 Å². The van der Waals surface area contributed by atoms with Gasteiger partial charge in [0.05, 0.1) is 0 Å². The number of ether oxygens (including phenoxy) is 1. The summed E-state index contributed by atoms with van der Waals surface area (Å²) in [6.07, 6.45) is -0.782. The van der Waals surface area contributed by atoms with Crippen LogP contribution in [0.3, 0.4) is 0 Å². The highest BCUT2D eigenvalue weighted by Crippen LogP contribution is 2.26. The number of hydrogen-bond donors (Lipinski definition) is 1. The summed E-state index contributed by atoms with van der Waals surface area (Å²) in [4.78, 5) is 4.47. The molecule has 4 nitrogen and oxygen atoms in total. The lowest BCUT2D eigenvalue weighted by Gasteiger charge is -2.34. The van der Waals surface area contributed by atoms with Gasteiger partial charge in [0.15, 0.2) is 17.4 Å². The zero-order valence-electron chi connectivity index (χ0n) is 12.6. The zero-order chi connectivity index (χ0) is 16.1. The Bertz CT molecular complexity index is 473. The molecule has 1 aromatic rings. The topological polar surface area (TPSA) is 35.9 Å². The number of hydrogen-bond acceptors (Lipinski definition) is 4. The summed E-state index contributed by atoms with van der Waals surface area (Å²) >= 11 is 3.01. The van der Waals surface area contributed by atoms with Crippen LogP contribution >= 0.6 is 15.9 Å². The molecular weight excluding hydrogens is 358 g/mol. The molecule has 1 aliphatic rings. The van der Waals surface area contributed by atoms with Crippen LogP contribution in [0.1, 0.15) is 6.92 Å². The minimum absolute atomic E-state index is 0.135. The number of aliphatic hydroxyl groups excluding tert-OH is 1. The van der Waals surface area contributed by atoms with Gasteiger partial charge in [0, 0.05) is 37.2 Å². The van der Waals surface area contributed by atoms with Crippen LogP contribution in [0.15, 0.2) is 16.6 Å². The van der Waals surface area contributed by atoms with Crippen LogP contribution < -0.4 is 4.74 Å². The van der Waals surface area contributed by atoms with Gasteiger partial charge in [0.1, 0.15) is 12.7 Å². The van der Waals surface area contributed by atoms with E-state index in [4.69, 9.17) is 4.74 Å². The Labute approximate surface area is 137 Å². The number of nitrogens with zero attached hydrogens (tertiary/aromatic N) is 2. The Morgan fingerprint density at radius 3 is 2.27 bits per heavy atom. The number of β-amino-alcohol motifs (C(OH)–C–C–N with tert-alkyl or cyclic N) is 1. The van der Waals surface area contributed by atoms with Crippen molar-refractivity contribution in [1.29, 1.82) is 0 Å². The summed E-state index contributed by atoms with van der Waals surface area (Å²) in [5.41, 5.74) is 0. The summed E-state index contributed by atoms with van der Waals surface area (Å²) in [5.74, 6) is -2.01. The molecule has 0 saturated carbocycles. The van der Waals surface area contributed by atoms with E-state index in [0.717, 1.165) is 44.9 Å². The zero-order valence-corrected chi connectivity index (χ0v) is 14.2. The highest BCUT2D eigenvalue weighted by atomic mass is 79.9. The Morgan fingerprint density at radius 2 is 1.73 bits per heavy atom. The molecule has 1 fully saturated rings. The van der Waals surface area contributed by atoms with Gasteiger partial charge in [-0.2, -0.15) is 0 Å². The molecule has 1 atom stereocenters. The Morgan fingerprint density at radius 1 is 1.18 bits per heavy atom. The average molecular weight is 379 g/mol. The summed E-state index contributed by atoms with van der Waals surface area (Å²) in [7, 11) is 0. The lowest BCUT2D eigenvalue weighted by molar-refractivity contribution is 0.0451. The maximum Gasteiger partial charge on any atom is 0.190 e. The third-order valence-corrected chi connectivity index (χ3v) is 4.22. The van der Waals surface area contributed by atoms with Gasteiger partial charge in [0.25, 0.3) is 0 Å². The summed E-state index contributed by atoms with van der Waals surface area (Å²) < 4.78 is 32.6. The fraction of sp³-hybridized carbons (Fsp3) is 0.600. The van der Waals surface area contributed by atoms with Crippen molar-refractivity contribution in [2.45, 2.75) is 13.0 Å². The second-order valence-electron chi connectivity index (χ2n) is 5.40. The molecule has 0 radical (unpaired) electrons. The summed E-state index contributed by atoms with van der Waals surface area (Å²) in [6, 6.07) is 2.27. The number of likely N-dealkylation sites (N-methyl/N-ethyl adjacent to an activating group) is 1. The van der Waals surface area contributed by atoms with Gasteiger partial charge in [-0.1, -0.05) is 22.9 Å². The van der Waals surface area contributed by atoms with E-state index in [9.17, 15) is 13.9 Å². The van der Waals surface area contributed by atoms with Gasteiger partial charge >= 0.3 is 0 Å². The predicted molar refractivity (Wildman–Crippen MR) is 84.1 cm³/mol. The third kappa shape index (κ3) is 4.87. The molecule has 0 aromatic heterocycles. The molecule has 0 unspecified atom stereocenters. The minimum Gasteiger partial charge on any atom is -0.485 e. The number of benzene rings is 1. The van der Waals surface area contributed by atoms with Gasteiger partial charge < -0.3 is 14.7 Å². The smallest absolute Gasteiger partial charge is 0.190 e. The highest BCUT2D eigenvalue weighted by molar-refractivity contribution is 9.10. The molecular formula is C15H21BrF2N2O2. The largest absolute Gasteiger partial charge is 0.485 e. The van der Waals surface area contributed by atoms with E-state index >= 15 is 0 Å². The summed E-state index contributed by atoms with van der Waals surface area (Å²) in [5, 5.41) is 9.99. The summed E-state index contributed by atoms with van der Waals surface area (Å²) in [6.45, 7) is 7.17. The molecule has 0 amide bonds. The molecule has 1 saturated heterocycles. The van der Waals surface area contributed by atoms with E-state index in [1.165, 1.54) is 0 Å². The second kappa shape index (κ2) is 8.19. The first-order valence-corrected chi connectivity index (χ1v) is 8.19. The second-order valence-corrected chi connectivity index (χ2v) is 6.31. The van der Waals surface area contributed by atoms with E-state index in [1.807, 2.05) is 0 Å². The molecule has 124 valence electrons. The van der Waals surface area contributed by atoms with E-state index in [-0.39, 0.29) is 6.61 Å². The molecule has 1 heterocycles. The normalized spacial score (nSPS) is 18.4. The fourth-order valence-electron chi connectivity index (χ4n) is 2.49. The van der Waals surface area contributed by atoms with Gasteiger partial charge in [0.2, 0.25) is 0 Å². The predicted octanol–water partition coefficient (Wildman–Crippen LogP) is 2.10. The van der Waals surface area contributed by atoms with Crippen molar-refractivity contribution in [3.05, 3.63) is 28.2 Å². The van der Waals surface area contributed by atoms with Gasteiger partial charge in [-0.3, -0.25) is 4.90 Å². The maximum atomic E-state index is 13.6. The van der Waals surface area contributed by atoms with E-state index in [0.29, 0.717) is 11.0 Å². The van der Waals surface area contributed by atoms with E-state index in [2.05, 4.69) is 32.7 Å². The standard InChI is InChI=1S/C15H21BrF2N2O2/c1-2-19-3-5-20(6-4-19)9-12(21)10-22-15-13(17)7-11(16)8-14(15)18/h7-8,12,21H,2-6,9-10H2,1H3/t12-/m1/s1. The van der Waals surface area contributed by atoms with Crippen LogP contribution in [0.2, 0.25) is 0 Å². The van der Waals surface area contributed by atoms with Crippen LogP contribution in [-0.2, 0) is 0 Å².